The molecular formula is C46H84NO10P. The van der Waals surface area contributed by atoms with Crippen LogP contribution in [0.5, 0.6) is 0 Å². The van der Waals surface area contributed by atoms with E-state index in [1.54, 1.807) is 48.8 Å². The largest absolute Gasteiger partial charge is 0.756 e. The van der Waals surface area contributed by atoms with E-state index < -0.39 is 44.8 Å². The minimum Gasteiger partial charge on any atom is -0.756 e. The minimum absolute atomic E-state index is 0.0490. The van der Waals surface area contributed by atoms with E-state index >= 15 is 0 Å². The molecule has 0 bridgehead atoms. The first-order valence-corrected chi connectivity index (χ1v) is 23.8. The van der Waals surface area contributed by atoms with Gasteiger partial charge in [-0.25, -0.2) is 0 Å². The van der Waals surface area contributed by atoms with E-state index in [4.69, 9.17) is 18.5 Å². The molecule has 338 valence electrons. The van der Waals surface area contributed by atoms with Crippen molar-refractivity contribution >= 4 is 13.8 Å². The van der Waals surface area contributed by atoms with Crippen LogP contribution < -0.4 is 4.89 Å². The number of rotatable bonds is 40. The molecule has 0 aliphatic carbocycles. The number of aliphatic hydroxyl groups is 3. The van der Waals surface area contributed by atoms with Crippen LogP contribution in [0.3, 0.4) is 0 Å². The number of hydrogen-bond acceptors (Lipinski definition) is 10. The zero-order valence-electron chi connectivity index (χ0n) is 37.1. The fourth-order valence-electron chi connectivity index (χ4n) is 5.84. The second-order valence-corrected chi connectivity index (χ2v) is 17.8. The van der Waals surface area contributed by atoms with Crippen LogP contribution in [0, 0.1) is 0 Å². The molecule has 0 fully saturated rings. The first kappa shape index (κ1) is 55.9. The Morgan fingerprint density at radius 2 is 1.21 bits per heavy atom. The molecule has 3 N–H and O–H groups in total. The number of carbonyl (C=O) groups excluding carboxylic acids is 1. The summed E-state index contributed by atoms with van der Waals surface area (Å²) in [6.07, 6.45) is 36.9. The van der Waals surface area contributed by atoms with Gasteiger partial charge in [0.05, 0.1) is 52.3 Å². The Kier molecular flexibility index (Phi) is 36.5. The van der Waals surface area contributed by atoms with Crippen molar-refractivity contribution in [2.45, 2.75) is 180 Å². The Morgan fingerprint density at radius 3 is 1.79 bits per heavy atom. The summed E-state index contributed by atoms with van der Waals surface area (Å²) in [6.45, 7) is 4.22. The van der Waals surface area contributed by atoms with Gasteiger partial charge in [0, 0.05) is 6.42 Å². The van der Waals surface area contributed by atoms with Crippen LogP contribution in [0.1, 0.15) is 155 Å². The molecule has 0 radical (unpaired) electrons. The normalized spacial score (nSPS) is 15.9. The van der Waals surface area contributed by atoms with Gasteiger partial charge in [0.25, 0.3) is 7.82 Å². The number of phosphoric ester groups is 1. The minimum atomic E-state index is -4.64. The van der Waals surface area contributed by atoms with Gasteiger partial charge in [-0.3, -0.25) is 9.36 Å². The number of carbonyl (C=O) groups is 1. The number of allylic oxidation sites excluding steroid dienone is 7. The van der Waals surface area contributed by atoms with Crippen molar-refractivity contribution in [2.24, 2.45) is 0 Å². The van der Waals surface area contributed by atoms with Crippen molar-refractivity contribution in [1.82, 2.24) is 0 Å². The molecule has 12 heteroatoms. The van der Waals surface area contributed by atoms with Crippen LogP contribution in [-0.4, -0.2) is 97.7 Å². The van der Waals surface area contributed by atoms with Crippen molar-refractivity contribution in [3.63, 3.8) is 0 Å². The van der Waals surface area contributed by atoms with E-state index in [0.29, 0.717) is 11.0 Å². The molecular weight excluding hydrogens is 757 g/mol. The predicted octanol–water partition coefficient (Wildman–Crippen LogP) is 9.57. The van der Waals surface area contributed by atoms with Crippen molar-refractivity contribution in [3.05, 3.63) is 60.9 Å². The molecule has 5 atom stereocenters. The highest BCUT2D eigenvalue weighted by Gasteiger charge is 2.21. The number of esters is 1. The van der Waals surface area contributed by atoms with Crippen LogP contribution in [0.25, 0.3) is 0 Å². The van der Waals surface area contributed by atoms with E-state index in [-0.39, 0.29) is 32.5 Å². The van der Waals surface area contributed by atoms with Gasteiger partial charge in [-0.15, -0.1) is 0 Å². The summed E-state index contributed by atoms with van der Waals surface area (Å²) >= 11 is 0. The molecule has 0 heterocycles. The Hall–Kier alpha value is -2.08. The molecule has 0 amide bonds. The summed E-state index contributed by atoms with van der Waals surface area (Å²) < 4.78 is 34.0. The number of quaternary nitrogens is 1. The lowest BCUT2D eigenvalue weighted by molar-refractivity contribution is -0.870. The fourth-order valence-corrected chi connectivity index (χ4v) is 6.56. The molecule has 0 aromatic carbocycles. The second-order valence-electron chi connectivity index (χ2n) is 16.3. The van der Waals surface area contributed by atoms with Gasteiger partial charge in [-0.05, 0) is 38.2 Å². The van der Waals surface area contributed by atoms with Gasteiger partial charge >= 0.3 is 5.97 Å². The molecule has 11 nitrogen and oxygen atoms in total. The third kappa shape index (κ3) is 39.4. The smallest absolute Gasteiger partial charge is 0.306 e. The standard InChI is InChI=1S/C46H84NO10P/c1-6-8-10-11-12-13-14-15-16-17-18-19-20-23-26-30-38-54-40-43(41-56-58(52,53)55-39-37-47(3,4)5)57-46(51)36-31-35-45(50)44(49)34-29-25-22-21-24-28-33-42(48)32-27-9-7-2/h21-22,24-25,28-30,33-34,38,42-45,48-50H,6-20,23,26-27,31-32,35-37,39-41H2,1-5H3/b24-21-,25-22+,33-28+,34-29+,38-30+/t42-,43+,44-,45-/m0/s1. The number of hydrogen-bond donors (Lipinski definition) is 3. The van der Waals surface area contributed by atoms with Crippen LogP contribution in [0.4, 0.5) is 0 Å². The average Bonchev–Trinajstić information content (AvgIpc) is 3.16. The molecule has 0 rings (SSSR count). The monoisotopic (exact) mass is 842 g/mol. The number of ether oxygens (including phenoxy) is 2. The highest BCUT2D eigenvalue weighted by atomic mass is 31.2. The Morgan fingerprint density at radius 1 is 0.672 bits per heavy atom. The predicted molar refractivity (Wildman–Crippen MR) is 235 cm³/mol. The van der Waals surface area contributed by atoms with Crippen LogP contribution in [0.2, 0.25) is 0 Å². The van der Waals surface area contributed by atoms with E-state index in [0.717, 1.165) is 44.9 Å². The molecule has 0 aromatic rings. The first-order valence-electron chi connectivity index (χ1n) is 22.4. The molecule has 0 aromatic heterocycles. The SMILES string of the molecule is CCCCCCCCCCCCCCCC/C=C/OC[C@H](COP(=O)([O-])OCC[N+](C)(C)C)OC(=O)CCC[C@H](O)[C@@H](O)/C=C/C=C/C=C\C=C\[C@@H](O)CCCCC. The molecule has 0 saturated carbocycles. The molecule has 0 aliphatic rings. The van der Waals surface area contributed by atoms with Gasteiger partial charge < -0.3 is 43.2 Å². The summed E-state index contributed by atoms with van der Waals surface area (Å²) in [5, 5.41) is 30.6. The van der Waals surface area contributed by atoms with Crippen LogP contribution >= 0.6 is 7.82 Å². The Labute approximate surface area is 353 Å². The molecule has 1 unspecified atom stereocenters. The van der Waals surface area contributed by atoms with Crippen molar-refractivity contribution in [3.8, 4) is 0 Å². The highest BCUT2D eigenvalue weighted by Crippen LogP contribution is 2.38. The highest BCUT2D eigenvalue weighted by molar-refractivity contribution is 7.45. The lowest BCUT2D eigenvalue weighted by atomic mass is 10.0. The first-order chi connectivity index (χ1) is 27.8. The maximum Gasteiger partial charge on any atom is 0.306 e. The molecule has 58 heavy (non-hydrogen) atoms. The summed E-state index contributed by atoms with van der Waals surface area (Å²) in [4.78, 5) is 25.1. The van der Waals surface area contributed by atoms with Crippen molar-refractivity contribution in [1.29, 1.82) is 0 Å². The summed E-state index contributed by atoms with van der Waals surface area (Å²) in [7, 11) is 1.10. The van der Waals surface area contributed by atoms with E-state index in [2.05, 4.69) is 13.8 Å². The summed E-state index contributed by atoms with van der Waals surface area (Å²) in [5.74, 6) is -0.607. The molecule has 0 saturated heterocycles. The average molecular weight is 842 g/mol. The molecule has 0 aliphatic heterocycles. The van der Waals surface area contributed by atoms with Crippen molar-refractivity contribution in [2.75, 3.05) is 47.5 Å². The third-order valence-corrected chi connectivity index (χ3v) is 10.5. The number of likely N-dealkylation sites (N-methyl/N-ethyl adjacent to an activating group) is 1. The van der Waals surface area contributed by atoms with Gasteiger partial charge in [0.1, 0.15) is 19.8 Å². The number of nitrogens with zero attached hydrogens (tertiary/aromatic N) is 1. The Balaban J connectivity index is 4.63. The topological polar surface area (TPSA) is 155 Å². The van der Waals surface area contributed by atoms with Gasteiger partial charge in [-0.2, -0.15) is 0 Å². The van der Waals surface area contributed by atoms with Crippen LogP contribution in [0.15, 0.2) is 60.9 Å². The van der Waals surface area contributed by atoms with Gasteiger partial charge in [0.2, 0.25) is 0 Å². The zero-order chi connectivity index (χ0) is 43.2. The van der Waals surface area contributed by atoms with E-state index in [1.807, 2.05) is 27.2 Å². The maximum atomic E-state index is 12.7. The van der Waals surface area contributed by atoms with Gasteiger partial charge in [-0.1, -0.05) is 165 Å². The lowest BCUT2D eigenvalue weighted by Crippen LogP contribution is -2.37. The lowest BCUT2D eigenvalue weighted by Gasteiger charge is -2.28. The third-order valence-electron chi connectivity index (χ3n) is 9.50. The van der Waals surface area contributed by atoms with Crippen molar-refractivity contribution < 1.29 is 52.6 Å². The summed E-state index contributed by atoms with van der Waals surface area (Å²) in [6, 6.07) is 0. The molecule has 0 spiro atoms. The Bertz CT molecular complexity index is 1170. The zero-order valence-corrected chi connectivity index (χ0v) is 38.0. The second kappa shape index (κ2) is 37.9. The quantitative estimate of drug-likeness (QED) is 0.0136. The number of unbranched alkanes of at least 4 members (excludes halogenated alkanes) is 16. The summed E-state index contributed by atoms with van der Waals surface area (Å²) in [5.41, 5.74) is 0. The van der Waals surface area contributed by atoms with E-state index in [9.17, 15) is 29.6 Å². The maximum absolute atomic E-state index is 12.7. The van der Waals surface area contributed by atoms with Gasteiger partial charge in [0.15, 0.2) is 6.10 Å². The van der Waals surface area contributed by atoms with E-state index in [1.165, 1.54) is 83.1 Å². The number of phosphoric acid groups is 1. The number of aliphatic hydroxyl groups excluding tert-OH is 3. The van der Waals surface area contributed by atoms with Crippen LogP contribution in [-0.2, 0) is 27.9 Å². The fraction of sp³-hybridized carbons (Fsp3) is 0.761.